The number of carbonyl (C=O) groups is 1. The van der Waals surface area contributed by atoms with E-state index in [0.29, 0.717) is 51.0 Å². The van der Waals surface area contributed by atoms with Crippen LogP contribution < -0.4 is 20.7 Å². The van der Waals surface area contributed by atoms with E-state index in [4.69, 9.17) is 9.47 Å². The largest absolute Gasteiger partial charge is 0.491 e. The van der Waals surface area contributed by atoms with Crippen molar-refractivity contribution in [3.8, 4) is 5.75 Å². The second kappa shape index (κ2) is 13.3. The Labute approximate surface area is 185 Å². The number of rotatable bonds is 11. The Morgan fingerprint density at radius 2 is 1.81 bits per heavy atom. The summed E-state index contributed by atoms with van der Waals surface area (Å²) >= 11 is 0. The Kier molecular flexibility index (Phi) is 10.4. The number of aryl methyl sites for hydroxylation is 1. The van der Waals surface area contributed by atoms with Crippen LogP contribution in [0.4, 0.5) is 0 Å². The SMILES string of the molecule is CCNC(=O)c1cccc(CNC(=NC)NCc2ccc(C)cc2OCCOCC)c1. The molecule has 0 saturated carbocycles. The summed E-state index contributed by atoms with van der Waals surface area (Å²) in [6.07, 6.45) is 0. The van der Waals surface area contributed by atoms with E-state index in [0.717, 1.165) is 22.4 Å². The van der Waals surface area contributed by atoms with Crippen LogP contribution in [0.15, 0.2) is 47.5 Å². The van der Waals surface area contributed by atoms with Crippen molar-refractivity contribution in [2.45, 2.75) is 33.9 Å². The third-order valence-corrected chi connectivity index (χ3v) is 4.57. The van der Waals surface area contributed by atoms with Crippen LogP contribution in [0.25, 0.3) is 0 Å². The number of guanidine groups is 1. The third-order valence-electron chi connectivity index (χ3n) is 4.57. The summed E-state index contributed by atoms with van der Waals surface area (Å²) in [4.78, 5) is 16.3. The summed E-state index contributed by atoms with van der Waals surface area (Å²) in [7, 11) is 1.73. The number of carbonyl (C=O) groups excluding carboxylic acids is 1. The highest BCUT2D eigenvalue weighted by Crippen LogP contribution is 2.20. The highest BCUT2D eigenvalue weighted by molar-refractivity contribution is 5.94. The summed E-state index contributed by atoms with van der Waals surface area (Å²) < 4.78 is 11.3. The summed E-state index contributed by atoms with van der Waals surface area (Å²) in [6.45, 7) is 9.41. The number of aliphatic imine (C=N–C) groups is 1. The van der Waals surface area contributed by atoms with Crippen LogP contribution in [0, 0.1) is 6.92 Å². The van der Waals surface area contributed by atoms with Gasteiger partial charge in [0.2, 0.25) is 0 Å². The highest BCUT2D eigenvalue weighted by atomic mass is 16.5. The van der Waals surface area contributed by atoms with E-state index < -0.39 is 0 Å². The van der Waals surface area contributed by atoms with Crippen molar-refractivity contribution >= 4 is 11.9 Å². The first-order chi connectivity index (χ1) is 15.1. The monoisotopic (exact) mass is 426 g/mol. The van der Waals surface area contributed by atoms with Crippen LogP contribution in [0.2, 0.25) is 0 Å². The first-order valence-electron chi connectivity index (χ1n) is 10.7. The molecule has 0 radical (unpaired) electrons. The molecule has 2 aromatic rings. The normalized spacial score (nSPS) is 11.2. The van der Waals surface area contributed by atoms with Crippen LogP contribution in [0.1, 0.15) is 40.9 Å². The zero-order chi connectivity index (χ0) is 22.5. The van der Waals surface area contributed by atoms with Crippen LogP contribution >= 0.6 is 0 Å². The molecule has 0 saturated heterocycles. The minimum atomic E-state index is -0.0666. The van der Waals surface area contributed by atoms with E-state index in [9.17, 15) is 4.79 Å². The van der Waals surface area contributed by atoms with Gasteiger partial charge in [-0.3, -0.25) is 9.79 Å². The van der Waals surface area contributed by atoms with E-state index >= 15 is 0 Å². The van der Waals surface area contributed by atoms with E-state index in [2.05, 4.69) is 33.1 Å². The number of nitrogens with zero attached hydrogens (tertiary/aromatic N) is 1. The quantitative estimate of drug-likeness (QED) is 0.292. The fraction of sp³-hybridized carbons (Fsp3) is 0.417. The van der Waals surface area contributed by atoms with Crippen molar-refractivity contribution in [1.82, 2.24) is 16.0 Å². The van der Waals surface area contributed by atoms with E-state index in [-0.39, 0.29) is 5.91 Å². The number of ether oxygens (including phenoxy) is 2. The number of amides is 1. The highest BCUT2D eigenvalue weighted by Gasteiger charge is 2.08. The fourth-order valence-electron chi connectivity index (χ4n) is 2.97. The van der Waals surface area contributed by atoms with Gasteiger partial charge < -0.3 is 25.4 Å². The number of benzene rings is 2. The van der Waals surface area contributed by atoms with Crippen molar-refractivity contribution in [3.05, 3.63) is 64.7 Å². The molecule has 2 rings (SSSR count). The number of hydrogen-bond acceptors (Lipinski definition) is 4. The lowest BCUT2D eigenvalue weighted by atomic mass is 10.1. The van der Waals surface area contributed by atoms with Gasteiger partial charge in [0.25, 0.3) is 5.91 Å². The topological polar surface area (TPSA) is 84.0 Å². The molecule has 0 heterocycles. The molecular weight excluding hydrogens is 392 g/mol. The van der Waals surface area contributed by atoms with Crippen molar-refractivity contribution in [2.24, 2.45) is 4.99 Å². The maximum atomic E-state index is 12.0. The second-order valence-electron chi connectivity index (χ2n) is 7.00. The maximum absolute atomic E-state index is 12.0. The smallest absolute Gasteiger partial charge is 0.251 e. The van der Waals surface area contributed by atoms with Crippen LogP contribution in [0.5, 0.6) is 5.75 Å². The molecule has 0 fully saturated rings. The predicted molar refractivity (Wildman–Crippen MR) is 125 cm³/mol. The Balaban J connectivity index is 1.93. The molecule has 0 unspecified atom stereocenters. The Morgan fingerprint density at radius 1 is 1.00 bits per heavy atom. The van der Waals surface area contributed by atoms with E-state index in [1.807, 2.05) is 51.1 Å². The lowest BCUT2D eigenvalue weighted by molar-refractivity contribution is 0.0955. The Morgan fingerprint density at radius 3 is 2.55 bits per heavy atom. The molecule has 7 heteroatoms. The zero-order valence-corrected chi connectivity index (χ0v) is 19.0. The van der Waals surface area contributed by atoms with Gasteiger partial charge in [-0.1, -0.05) is 24.3 Å². The summed E-state index contributed by atoms with van der Waals surface area (Å²) in [5, 5.41) is 9.43. The number of hydrogen-bond donors (Lipinski definition) is 3. The van der Waals surface area contributed by atoms with Gasteiger partial charge in [-0.2, -0.15) is 0 Å². The summed E-state index contributed by atoms with van der Waals surface area (Å²) in [5.74, 6) is 1.45. The molecule has 3 N–H and O–H groups in total. The number of nitrogens with one attached hydrogen (secondary N) is 3. The van der Waals surface area contributed by atoms with Crippen molar-refractivity contribution in [1.29, 1.82) is 0 Å². The lowest BCUT2D eigenvalue weighted by Gasteiger charge is -2.16. The van der Waals surface area contributed by atoms with Crippen molar-refractivity contribution in [3.63, 3.8) is 0 Å². The maximum Gasteiger partial charge on any atom is 0.251 e. The molecular formula is C24H34N4O3. The van der Waals surface area contributed by atoms with Crippen molar-refractivity contribution < 1.29 is 14.3 Å². The van der Waals surface area contributed by atoms with Gasteiger partial charge in [0.1, 0.15) is 12.4 Å². The first kappa shape index (κ1) is 24.2. The lowest BCUT2D eigenvalue weighted by Crippen LogP contribution is -2.36. The summed E-state index contributed by atoms with van der Waals surface area (Å²) in [6, 6.07) is 13.7. The first-order valence-corrected chi connectivity index (χ1v) is 10.7. The van der Waals surface area contributed by atoms with Gasteiger partial charge in [-0.25, -0.2) is 0 Å². The molecule has 1 amide bonds. The van der Waals surface area contributed by atoms with Gasteiger partial charge >= 0.3 is 0 Å². The van der Waals surface area contributed by atoms with Gasteiger partial charge in [-0.15, -0.1) is 0 Å². The Bertz CT molecular complexity index is 868. The van der Waals surface area contributed by atoms with E-state index in [1.165, 1.54) is 0 Å². The standard InChI is InChI=1S/C24H34N4O3/c1-5-26-23(29)20-9-7-8-19(15-20)16-27-24(25-4)28-17-21-11-10-18(3)14-22(21)31-13-12-30-6-2/h7-11,14-15H,5-6,12-13,16-17H2,1-4H3,(H,26,29)(H2,25,27,28). The van der Waals surface area contributed by atoms with Gasteiger partial charge in [-0.05, 0) is 50.1 Å². The molecule has 2 aromatic carbocycles. The Hall–Kier alpha value is -3.06. The fourth-order valence-corrected chi connectivity index (χ4v) is 2.97. The predicted octanol–water partition coefficient (Wildman–Crippen LogP) is 3.03. The molecule has 0 aliphatic heterocycles. The van der Waals surface area contributed by atoms with Crippen LogP contribution in [-0.4, -0.2) is 45.3 Å². The minimum absolute atomic E-state index is 0.0666. The molecule has 0 spiro atoms. The molecule has 7 nitrogen and oxygen atoms in total. The summed E-state index contributed by atoms with van der Waals surface area (Å²) in [5.41, 5.74) is 3.84. The van der Waals surface area contributed by atoms with Gasteiger partial charge in [0.15, 0.2) is 5.96 Å². The molecule has 0 atom stereocenters. The third kappa shape index (κ3) is 8.30. The molecule has 0 bridgehead atoms. The molecule has 0 aromatic heterocycles. The molecule has 0 aliphatic rings. The average molecular weight is 427 g/mol. The van der Waals surface area contributed by atoms with Gasteiger partial charge in [0, 0.05) is 44.4 Å². The van der Waals surface area contributed by atoms with Crippen LogP contribution in [-0.2, 0) is 17.8 Å². The van der Waals surface area contributed by atoms with Crippen LogP contribution in [0.3, 0.4) is 0 Å². The molecule has 0 aliphatic carbocycles. The van der Waals surface area contributed by atoms with Gasteiger partial charge in [0.05, 0.1) is 6.61 Å². The molecule has 31 heavy (non-hydrogen) atoms. The van der Waals surface area contributed by atoms with Crippen molar-refractivity contribution in [2.75, 3.05) is 33.4 Å². The second-order valence-corrected chi connectivity index (χ2v) is 7.00. The molecule has 168 valence electrons. The zero-order valence-electron chi connectivity index (χ0n) is 19.0. The minimum Gasteiger partial charge on any atom is -0.491 e. The average Bonchev–Trinajstić information content (AvgIpc) is 2.78. The van der Waals surface area contributed by atoms with E-state index in [1.54, 1.807) is 7.05 Å².